The average molecular weight is 428 g/mol. The van der Waals surface area contributed by atoms with Crippen LogP contribution < -0.4 is 10.6 Å². The van der Waals surface area contributed by atoms with E-state index in [1.54, 1.807) is 23.7 Å². The van der Waals surface area contributed by atoms with Crippen molar-refractivity contribution in [3.8, 4) is 0 Å². The predicted octanol–water partition coefficient (Wildman–Crippen LogP) is 3.48. The molecule has 0 aliphatic rings. The van der Waals surface area contributed by atoms with Gasteiger partial charge in [0.15, 0.2) is 5.16 Å². The fourth-order valence-electron chi connectivity index (χ4n) is 2.90. The summed E-state index contributed by atoms with van der Waals surface area (Å²) in [6.45, 7) is 3.95. The highest BCUT2D eigenvalue weighted by Gasteiger charge is 2.15. The number of thioether (sulfide) groups is 1. The van der Waals surface area contributed by atoms with Gasteiger partial charge in [-0.1, -0.05) is 30.0 Å². The van der Waals surface area contributed by atoms with Crippen LogP contribution in [0.1, 0.15) is 17.0 Å². The zero-order valence-electron chi connectivity index (χ0n) is 16.9. The van der Waals surface area contributed by atoms with Crippen molar-refractivity contribution in [3.05, 3.63) is 65.2 Å². The van der Waals surface area contributed by atoms with Crippen molar-refractivity contribution in [1.29, 1.82) is 0 Å². The number of anilines is 2. The second-order valence-electron chi connectivity index (χ2n) is 6.88. The Balaban J connectivity index is 1.55. The highest BCUT2D eigenvalue weighted by Crippen LogP contribution is 2.19. The minimum absolute atomic E-state index is 0.0623. The number of aryl methyl sites for hydroxylation is 2. The van der Waals surface area contributed by atoms with Gasteiger partial charge in [-0.15, -0.1) is 10.2 Å². The predicted molar refractivity (Wildman–Crippen MR) is 115 cm³/mol. The third-order valence-corrected chi connectivity index (χ3v) is 5.25. The van der Waals surface area contributed by atoms with E-state index in [0.717, 1.165) is 16.8 Å². The maximum atomic E-state index is 13.7. The molecule has 0 atom stereocenters. The number of hydrogen-bond donors (Lipinski definition) is 2. The summed E-state index contributed by atoms with van der Waals surface area (Å²) in [4.78, 5) is 24.4. The van der Waals surface area contributed by atoms with E-state index < -0.39 is 11.7 Å². The quantitative estimate of drug-likeness (QED) is 0.564. The molecule has 30 heavy (non-hydrogen) atoms. The Morgan fingerprint density at radius 2 is 1.73 bits per heavy atom. The van der Waals surface area contributed by atoms with Crippen LogP contribution >= 0.6 is 11.8 Å². The first-order valence-electron chi connectivity index (χ1n) is 9.25. The summed E-state index contributed by atoms with van der Waals surface area (Å²) in [5.74, 6) is -0.497. The summed E-state index contributed by atoms with van der Waals surface area (Å²) in [7, 11) is 1.72. The lowest BCUT2D eigenvalue weighted by Gasteiger charge is -2.08. The molecular weight excluding hydrogens is 405 g/mol. The van der Waals surface area contributed by atoms with Crippen molar-refractivity contribution in [2.24, 2.45) is 7.05 Å². The number of amides is 2. The molecule has 7 nitrogen and oxygen atoms in total. The number of para-hydroxylation sites is 1. The molecule has 0 fully saturated rings. The van der Waals surface area contributed by atoms with E-state index in [2.05, 4.69) is 20.8 Å². The van der Waals surface area contributed by atoms with E-state index in [1.165, 1.54) is 23.9 Å². The molecule has 0 radical (unpaired) electrons. The third-order valence-electron chi connectivity index (χ3n) is 4.23. The van der Waals surface area contributed by atoms with Crippen LogP contribution in [0.3, 0.4) is 0 Å². The minimum Gasteiger partial charge on any atom is -0.325 e. The molecule has 9 heteroatoms. The first-order chi connectivity index (χ1) is 14.3. The normalized spacial score (nSPS) is 10.7. The molecule has 0 saturated heterocycles. The Kier molecular flexibility index (Phi) is 6.83. The van der Waals surface area contributed by atoms with Crippen molar-refractivity contribution in [2.75, 3.05) is 16.4 Å². The van der Waals surface area contributed by atoms with Crippen molar-refractivity contribution < 1.29 is 14.0 Å². The van der Waals surface area contributed by atoms with Gasteiger partial charge >= 0.3 is 0 Å². The number of rotatable bonds is 7. The monoisotopic (exact) mass is 427 g/mol. The number of nitrogens with one attached hydrogen (secondary N) is 2. The highest BCUT2D eigenvalue weighted by atomic mass is 32.2. The fourth-order valence-corrected chi connectivity index (χ4v) is 3.63. The first kappa shape index (κ1) is 21.5. The number of hydrogen-bond acceptors (Lipinski definition) is 5. The van der Waals surface area contributed by atoms with E-state index in [9.17, 15) is 14.0 Å². The zero-order valence-corrected chi connectivity index (χ0v) is 17.7. The van der Waals surface area contributed by atoms with Crippen LogP contribution in [0.2, 0.25) is 0 Å². The van der Waals surface area contributed by atoms with Crippen LogP contribution in [0.5, 0.6) is 0 Å². The lowest BCUT2D eigenvalue weighted by atomic mass is 10.1. The van der Waals surface area contributed by atoms with Crippen molar-refractivity contribution >= 4 is 35.0 Å². The molecule has 0 spiro atoms. The van der Waals surface area contributed by atoms with Gasteiger partial charge in [-0.25, -0.2) is 4.39 Å². The van der Waals surface area contributed by atoms with Gasteiger partial charge in [-0.2, -0.15) is 0 Å². The summed E-state index contributed by atoms with van der Waals surface area (Å²) >= 11 is 1.22. The van der Waals surface area contributed by atoms with Gasteiger partial charge < -0.3 is 15.2 Å². The molecule has 156 valence electrons. The van der Waals surface area contributed by atoms with Crippen molar-refractivity contribution in [3.63, 3.8) is 0 Å². The second-order valence-corrected chi connectivity index (χ2v) is 7.82. The van der Waals surface area contributed by atoms with Crippen LogP contribution in [0.4, 0.5) is 15.8 Å². The molecule has 2 N–H and O–H groups in total. The van der Waals surface area contributed by atoms with Crippen LogP contribution in [0, 0.1) is 19.7 Å². The summed E-state index contributed by atoms with van der Waals surface area (Å²) in [5, 5.41) is 14.0. The van der Waals surface area contributed by atoms with Gasteiger partial charge in [-0.3, -0.25) is 9.59 Å². The molecule has 0 unspecified atom stereocenters. The molecule has 1 aromatic heterocycles. The highest BCUT2D eigenvalue weighted by molar-refractivity contribution is 7.99. The fraction of sp³-hybridized carbons (Fsp3) is 0.238. The Morgan fingerprint density at radius 3 is 2.43 bits per heavy atom. The molecule has 0 saturated carbocycles. The SMILES string of the molecule is Cc1cc(C)cc(NC(=O)CSc2nnc(CC(=O)Nc3ccccc3F)n2C)c1. The van der Waals surface area contributed by atoms with E-state index >= 15 is 0 Å². The number of aromatic nitrogens is 3. The number of nitrogens with zero attached hydrogens (tertiary/aromatic N) is 3. The topological polar surface area (TPSA) is 88.9 Å². The maximum absolute atomic E-state index is 13.7. The smallest absolute Gasteiger partial charge is 0.234 e. The Labute approximate surface area is 178 Å². The number of halogens is 1. The summed E-state index contributed by atoms with van der Waals surface area (Å²) in [6.07, 6.45) is -0.0623. The van der Waals surface area contributed by atoms with E-state index in [4.69, 9.17) is 0 Å². The van der Waals surface area contributed by atoms with Gasteiger partial charge in [0.1, 0.15) is 11.6 Å². The van der Waals surface area contributed by atoms with Crippen LogP contribution in [0.15, 0.2) is 47.6 Å². The van der Waals surface area contributed by atoms with Crippen LogP contribution in [0.25, 0.3) is 0 Å². The number of carbonyl (C=O) groups excluding carboxylic acids is 2. The van der Waals surface area contributed by atoms with E-state index in [0.29, 0.717) is 11.0 Å². The molecule has 0 bridgehead atoms. The van der Waals surface area contributed by atoms with Gasteiger partial charge in [-0.05, 0) is 49.2 Å². The summed E-state index contributed by atoms with van der Waals surface area (Å²) in [5.41, 5.74) is 3.01. The third kappa shape index (κ3) is 5.66. The Bertz CT molecular complexity index is 1060. The first-order valence-corrected chi connectivity index (χ1v) is 10.2. The molecular formula is C21H22FN5O2S. The minimum atomic E-state index is -0.505. The molecule has 0 aliphatic carbocycles. The van der Waals surface area contributed by atoms with Crippen molar-refractivity contribution in [1.82, 2.24) is 14.8 Å². The molecule has 3 rings (SSSR count). The van der Waals surface area contributed by atoms with Gasteiger partial charge in [0.2, 0.25) is 11.8 Å². The number of carbonyl (C=O) groups is 2. The second kappa shape index (κ2) is 9.53. The van der Waals surface area contributed by atoms with Crippen molar-refractivity contribution in [2.45, 2.75) is 25.4 Å². The summed E-state index contributed by atoms with van der Waals surface area (Å²) in [6, 6.07) is 11.8. The van der Waals surface area contributed by atoms with Gasteiger partial charge in [0, 0.05) is 12.7 Å². The van der Waals surface area contributed by atoms with Gasteiger partial charge in [0.05, 0.1) is 17.9 Å². The van der Waals surface area contributed by atoms with Crippen LogP contribution in [-0.2, 0) is 23.1 Å². The largest absolute Gasteiger partial charge is 0.325 e. The Morgan fingerprint density at radius 1 is 1.03 bits per heavy atom. The zero-order chi connectivity index (χ0) is 21.7. The molecule has 2 amide bonds. The lowest BCUT2D eigenvalue weighted by Crippen LogP contribution is -2.18. The molecule has 2 aromatic carbocycles. The average Bonchev–Trinajstić information content (AvgIpc) is 3.01. The molecule has 0 aliphatic heterocycles. The standard InChI is InChI=1S/C21H22FN5O2S/c1-13-8-14(2)10-15(9-13)23-20(29)12-30-21-26-25-18(27(21)3)11-19(28)24-17-7-5-4-6-16(17)22/h4-10H,11-12H2,1-3H3,(H,23,29)(H,24,28). The lowest BCUT2D eigenvalue weighted by molar-refractivity contribution is -0.116. The Hall–Kier alpha value is -3.20. The number of benzene rings is 2. The maximum Gasteiger partial charge on any atom is 0.234 e. The summed E-state index contributed by atoms with van der Waals surface area (Å²) < 4.78 is 15.3. The van der Waals surface area contributed by atoms with E-state index in [1.807, 2.05) is 32.0 Å². The molecule has 1 heterocycles. The van der Waals surface area contributed by atoms with Crippen LogP contribution in [-0.4, -0.2) is 32.3 Å². The van der Waals surface area contributed by atoms with E-state index in [-0.39, 0.29) is 23.8 Å². The van der Waals surface area contributed by atoms with Gasteiger partial charge in [0.25, 0.3) is 0 Å². The molecule has 3 aromatic rings.